The van der Waals surface area contributed by atoms with Crippen molar-refractivity contribution in [2.45, 2.75) is 254 Å². The first-order valence-electron chi connectivity index (χ1n) is 50.9. The van der Waals surface area contributed by atoms with Crippen molar-refractivity contribution in [1.29, 1.82) is 0 Å². The van der Waals surface area contributed by atoms with Gasteiger partial charge in [-0.2, -0.15) is 11.8 Å². The molecule has 1 aliphatic carbocycles. The normalized spacial score (nSPS) is 13.2. The summed E-state index contributed by atoms with van der Waals surface area (Å²) in [5, 5.41) is 68.9. The molecule has 0 unspecified atom stereocenters. The summed E-state index contributed by atoms with van der Waals surface area (Å²) >= 11 is 1.58. The number of benzene rings is 9. The van der Waals surface area contributed by atoms with Gasteiger partial charge in [-0.1, -0.05) is 220 Å². The lowest BCUT2D eigenvalue weighted by Crippen LogP contribution is -2.57. The lowest BCUT2D eigenvalue weighted by molar-refractivity contribution is -0.139. The second-order valence-corrected chi connectivity index (χ2v) is 38.0. The number of thioether (sulfide) groups is 1. The van der Waals surface area contributed by atoms with Gasteiger partial charge in [0.25, 0.3) is 0 Å². The third kappa shape index (κ3) is 45.2. The van der Waals surface area contributed by atoms with E-state index in [1.54, 1.807) is 109 Å². The number of carboxylic acids is 4. The Morgan fingerprint density at radius 3 is 0.785 bits per heavy atom. The summed E-state index contributed by atoms with van der Waals surface area (Å²) in [6.45, 7) is 1.07. The number of amides is 11. The number of carbonyl (C=O) groups excluding carboxylic acids is 11. The topological polar surface area (TPSA) is 506 Å². The fourth-order valence-corrected chi connectivity index (χ4v) is 17.5. The van der Waals surface area contributed by atoms with E-state index >= 15 is 9.59 Å². The molecule has 0 radical (unpaired) electrons. The standard InChI is InChI=1S/C114H137N11O23S/c126-100(56-60-104(130)131)119-96(69-78-38-48-89(49-39-78)145-73-82-23-7-3-8-24-82)110(140)116-65-21-18-33-93(124-113(143)98(121-102(128)58-62-106(134)135)71-80-42-52-91(53-43-80)147-75-84-27-11-5-12-28-84)108(138)115-64-20-17-34-94(109(139)118-67-68-149-77-86-36-46-88(47-37-86)87-31-15-1-2-16-32-87)123-112(142)95(125-114(144)99(122-103(129)59-63-107(136)137)72-81-44-54-92(55-45-81)148-76-85-29-13-6-14-30-85)35-19-22-66-117-111(141)97(120-101(127)57-61-105(132)133)70-79-40-50-90(51-41-79)146-74-83-25-9-4-10-26-83/h3-14,23-30,36-55,87,93-99H,1-2,15-22,31-35,56-77H2,(H,115,138)(H,116,140)(H,117,141)(H,118,139)(H,119,126)(H,120,127)(H,121,128)(H,122,129)(H,123,142)(H,124,143)(H,125,144)(H,130,131)(H,132,133)(H,134,135)(H,136,137)/t93-,94-,95-,96-,97-,98-,99-/m0/s1. The van der Waals surface area contributed by atoms with E-state index in [4.69, 9.17) is 18.9 Å². The van der Waals surface area contributed by atoms with E-state index in [1.807, 2.05) is 121 Å². The quantitative estimate of drug-likeness (QED) is 0.0124. The summed E-state index contributed by atoms with van der Waals surface area (Å²) in [4.78, 5) is 204. The van der Waals surface area contributed by atoms with Crippen molar-refractivity contribution in [1.82, 2.24) is 58.5 Å². The van der Waals surface area contributed by atoms with E-state index in [0.29, 0.717) is 69.3 Å². The second-order valence-electron chi connectivity index (χ2n) is 36.9. The van der Waals surface area contributed by atoms with Crippen LogP contribution < -0.4 is 77.4 Å². The average molecular weight is 2060 g/mol. The van der Waals surface area contributed by atoms with Crippen LogP contribution in [0.25, 0.3) is 0 Å². The smallest absolute Gasteiger partial charge is 0.303 e. The van der Waals surface area contributed by atoms with Crippen molar-refractivity contribution >= 4 is 101 Å². The number of carbonyl (C=O) groups is 15. The molecule has 0 spiro atoms. The van der Waals surface area contributed by atoms with Gasteiger partial charge in [-0.15, -0.1) is 0 Å². The summed E-state index contributed by atoms with van der Waals surface area (Å²) in [6, 6.07) is 64.6. The highest BCUT2D eigenvalue weighted by Gasteiger charge is 2.34. The molecule has 7 atom stereocenters. The van der Waals surface area contributed by atoms with Gasteiger partial charge < -0.3 is 97.9 Å². The Morgan fingerprint density at radius 1 is 0.255 bits per heavy atom. The Kier molecular flexibility index (Phi) is 50.0. The first-order chi connectivity index (χ1) is 72.2. The monoisotopic (exact) mass is 2060 g/mol. The molecule has 0 bridgehead atoms. The SMILES string of the molecule is O=C(O)CCC(=O)N[C@@H](Cc1ccc(OCc2ccccc2)cc1)C(=O)NCCCC[C@H](NC(=O)[C@H](Cc1ccc(OCc2ccccc2)cc1)NC(=O)CCC(=O)O)C(=O)NCCCC[C@H](NC(=O)[C@H](CCCCNC(=O)[C@H](Cc1ccc(OCc2ccccc2)cc1)NC(=O)CCC(=O)O)NC(=O)[C@H](Cc1ccc(OCc2ccccc2)cc1)NC(=O)CCC(=O)O)C(=O)NCCSCc1ccc(C2CCCCCC2)cc1. The molecule has 9 aromatic rings. The maximum atomic E-state index is 15.5. The molecule has 15 N–H and O–H groups in total. The molecule has 1 saturated carbocycles. The third-order valence-corrected chi connectivity index (χ3v) is 26.0. The number of unbranched alkanes of at least 4 members (excludes halogenated alkanes) is 3. The summed E-state index contributed by atoms with van der Waals surface area (Å²) in [5.74, 6) is -9.32. The van der Waals surface area contributed by atoms with Crippen LogP contribution in [0, 0.1) is 0 Å². The predicted octanol–water partition coefficient (Wildman–Crippen LogP) is 12.5. The lowest BCUT2D eigenvalue weighted by Gasteiger charge is -2.26. The largest absolute Gasteiger partial charge is 0.489 e. The van der Waals surface area contributed by atoms with Crippen molar-refractivity contribution in [3.05, 3.63) is 298 Å². The minimum Gasteiger partial charge on any atom is -0.489 e. The minimum atomic E-state index is -1.49. The maximum Gasteiger partial charge on any atom is 0.303 e. The van der Waals surface area contributed by atoms with Crippen molar-refractivity contribution in [3.8, 4) is 23.0 Å². The molecule has 1 aliphatic rings. The van der Waals surface area contributed by atoms with Crippen LogP contribution in [-0.4, -0.2) is 184 Å². The highest BCUT2D eigenvalue weighted by Crippen LogP contribution is 2.33. The number of carboxylic acid groups (broad SMARTS) is 4. The maximum absolute atomic E-state index is 15.5. The zero-order chi connectivity index (χ0) is 106. The van der Waals surface area contributed by atoms with Gasteiger partial charge in [0, 0.05) is 89.1 Å². The second kappa shape index (κ2) is 64.5. The fraction of sp³-hybridized carbons (Fsp3) is 0.395. The molecular formula is C114H137N11O23S. The zero-order valence-corrected chi connectivity index (χ0v) is 84.6. The first-order valence-corrected chi connectivity index (χ1v) is 52.1. The van der Waals surface area contributed by atoms with Crippen LogP contribution >= 0.6 is 11.8 Å². The van der Waals surface area contributed by atoms with Crippen LogP contribution in [0.4, 0.5) is 0 Å². The van der Waals surface area contributed by atoms with Crippen molar-refractivity contribution in [2.24, 2.45) is 0 Å². The molecule has 0 aliphatic heterocycles. The van der Waals surface area contributed by atoms with Crippen LogP contribution in [-0.2, 0) is 130 Å². The Balaban J connectivity index is 0.880. The van der Waals surface area contributed by atoms with Crippen molar-refractivity contribution < 1.29 is 111 Å². The Morgan fingerprint density at radius 2 is 0.503 bits per heavy atom. The molecular weight excluding hydrogens is 1920 g/mol. The molecule has 9 aromatic carbocycles. The number of ether oxygens (including phenoxy) is 4. The lowest BCUT2D eigenvalue weighted by atomic mass is 9.91. The highest BCUT2D eigenvalue weighted by atomic mass is 32.2. The van der Waals surface area contributed by atoms with Gasteiger partial charge in [-0.3, -0.25) is 71.9 Å². The van der Waals surface area contributed by atoms with Crippen LogP contribution in [0.5, 0.6) is 23.0 Å². The van der Waals surface area contributed by atoms with Gasteiger partial charge in [0.05, 0.1) is 25.7 Å². The molecule has 34 nitrogen and oxygen atoms in total. The molecule has 0 saturated heterocycles. The Hall–Kier alpha value is -15.4. The van der Waals surface area contributed by atoms with Gasteiger partial charge in [0.15, 0.2) is 0 Å². The molecule has 1 fully saturated rings. The first kappa shape index (κ1) is 115. The van der Waals surface area contributed by atoms with E-state index in [-0.39, 0.29) is 129 Å². The van der Waals surface area contributed by atoms with E-state index in [2.05, 4.69) is 82.8 Å². The van der Waals surface area contributed by atoms with Gasteiger partial charge >= 0.3 is 23.9 Å². The molecule has 35 heteroatoms. The Labute approximate surface area is 872 Å². The zero-order valence-electron chi connectivity index (χ0n) is 83.8. The molecule has 0 aromatic heterocycles. The van der Waals surface area contributed by atoms with E-state index in [9.17, 15) is 82.8 Å². The van der Waals surface area contributed by atoms with E-state index in [1.165, 1.54) is 31.2 Å². The number of aliphatic carboxylic acids is 4. The number of hydrogen-bond acceptors (Lipinski definition) is 20. The number of hydrogen-bond donors (Lipinski definition) is 15. The van der Waals surface area contributed by atoms with Gasteiger partial charge in [-0.25, -0.2) is 0 Å². The fourth-order valence-electron chi connectivity index (χ4n) is 16.7. The van der Waals surface area contributed by atoms with E-state index in [0.717, 1.165) is 40.7 Å². The minimum absolute atomic E-state index is 0.00143. The van der Waals surface area contributed by atoms with Gasteiger partial charge in [0.2, 0.25) is 65.0 Å². The van der Waals surface area contributed by atoms with Crippen LogP contribution in [0.3, 0.4) is 0 Å². The summed E-state index contributed by atoms with van der Waals surface area (Å²) in [7, 11) is 0. The third-order valence-electron chi connectivity index (χ3n) is 25.0. The molecule has 149 heavy (non-hydrogen) atoms. The van der Waals surface area contributed by atoms with Crippen molar-refractivity contribution in [3.63, 3.8) is 0 Å². The van der Waals surface area contributed by atoms with Gasteiger partial charge in [0.1, 0.15) is 91.7 Å². The van der Waals surface area contributed by atoms with Gasteiger partial charge in [-0.05, 0) is 181 Å². The summed E-state index contributed by atoms with van der Waals surface area (Å²) in [5.41, 5.74) is 8.45. The number of nitrogens with one attached hydrogen (secondary N) is 11. The summed E-state index contributed by atoms with van der Waals surface area (Å²) < 4.78 is 24.0. The predicted molar refractivity (Wildman–Crippen MR) is 561 cm³/mol. The molecule has 0 heterocycles. The van der Waals surface area contributed by atoms with Crippen LogP contribution in [0.2, 0.25) is 0 Å². The van der Waals surface area contributed by atoms with Crippen LogP contribution in [0.1, 0.15) is 209 Å². The summed E-state index contributed by atoms with van der Waals surface area (Å²) in [6.07, 6.45) is 3.40. The average Bonchev–Trinajstić information content (AvgIpc) is 1.35. The Bertz CT molecular complexity index is 5740. The van der Waals surface area contributed by atoms with E-state index < -0.39 is 183 Å². The van der Waals surface area contributed by atoms with Crippen molar-refractivity contribution in [2.75, 3.05) is 31.9 Å². The number of rotatable bonds is 67. The van der Waals surface area contributed by atoms with Crippen LogP contribution in [0.15, 0.2) is 243 Å². The molecule has 792 valence electrons. The molecule has 10 rings (SSSR count). The highest BCUT2D eigenvalue weighted by molar-refractivity contribution is 7.98. The molecule has 11 amide bonds.